The Morgan fingerprint density at radius 2 is 1.57 bits per heavy atom. The van der Waals surface area contributed by atoms with Gasteiger partial charge in [-0.3, -0.25) is 0 Å². The minimum atomic E-state index is -1.50. The first-order valence-electron chi connectivity index (χ1n) is 5.99. The van der Waals surface area contributed by atoms with Crippen LogP contribution in [0.25, 0.3) is 0 Å². The number of benzene rings is 2. The Kier molecular flexibility index (Phi) is 4.77. The van der Waals surface area contributed by atoms with E-state index in [9.17, 15) is 13.2 Å². The van der Waals surface area contributed by atoms with E-state index < -0.39 is 22.3 Å². The van der Waals surface area contributed by atoms with Crippen LogP contribution in [0.1, 0.15) is 16.0 Å². The van der Waals surface area contributed by atoms with Crippen molar-refractivity contribution in [1.82, 2.24) is 0 Å². The summed E-state index contributed by atoms with van der Waals surface area (Å²) in [7, 11) is 2.97. The van der Waals surface area contributed by atoms with Crippen LogP contribution in [0.5, 0.6) is 11.5 Å². The van der Waals surface area contributed by atoms with E-state index in [0.717, 1.165) is 6.07 Å². The zero-order chi connectivity index (χ0) is 15.6. The van der Waals surface area contributed by atoms with Gasteiger partial charge in [0.05, 0.1) is 19.0 Å². The van der Waals surface area contributed by atoms with Gasteiger partial charge in [0, 0.05) is 17.2 Å². The van der Waals surface area contributed by atoms with Crippen LogP contribution < -0.4 is 9.47 Å². The lowest BCUT2D eigenvalue weighted by Crippen LogP contribution is -2.03. The van der Waals surface area contributed by atoms with Gasteiger partial charge in [0.25, 0.3) is 0 Å². The molecule has 0 heterocycles. The van der Waals surface area contributed by atoms with E-state index in [4.69, 9.17) is 9.47 Å². The SMILES string of the molecule is COc1ccc(C(Br)c2ccc(F)c(F)c2F)c(OC)c1. The predicted molar refractivity (Wildman–Crippen MR) is 76.6 cm³/mol. The highest BCUT2D eigenvalue weighted by Gasteiger charge is 2.23. The fourth-order valence-corrected chi connectivity index (χ4v) is 2.66. The molecule has 0 saturated carbocycles. The van der Waals surface area contributed by atoms with Crippen LogP contribution in [-0.4, -0.2) is 14.2 Å². The molecule has 0 saturated heterocycles. The van der Waals surface area contributed by atoms with E-state index in [0.29, 0.717) is 17.1 Å². The standard InChI is InChI=1S/C15H12BrF3O2/c1-20-8-3-4-9(12(7-8)21-2)13(16)10-5-6-11(17)15(19)14(10)18/h3-7,13H,1-2H3. The Hall–Kier alpha value is -1.69. The van der Waals surface area contributed by atoms with Gasteiger partial charge >= 0.3 is 0 Å². The van der Waals surface area contributed by atoms with Crippen LogP contribution in [0.2, 0.25) is 0 Å². The fraction of sp³-hybridized carbons (Fsp3) is 0.200. The number of halogens is 4. The molecule has 0 aromatic heterocycles. The fourth-order valence-electron chi connectivity index (χ4n) is 1.93. The Balaban J connectivity index is 2.49. The Bertz CT molecular complexity index is 662. The molecule has 21 heavy (non-hydrogen) atoms. The van der Waals surface area contributed by atoms with E-state index in [-0.39, 0.29) is 5.56 Å². The van der Waals surface area contributed by atoms with Crippen molar-refractivity contribution < 1.29 is 22.6 Å². The van der Waals surface area contributed by atoms with Crippen LogP contribution >= 0.6 is 15.9 Å². The molecule has 0 aliphatic heterocycles. The van der Waals surface area contributed by atoms with E-state index >= 15 is 0 Å². The number of methoxy groups -OCH3 is 2. The maximum atomic E-state index is 13.9. The molecular weight excluding hydrogens is 349 g/mol. The van der Waals surface area contributed by atoms with Crippen molar-refractivity contribution in [2.24, 2.45) is 0 Å². The topological polar surface area (TPSA) is 18.5 Å². The molecule has 2 rings (SSSR count). The van der Waals surface area contributed by atoms with Gasteiger partial charge in [-0.2, -0.15) is 0 Å². The van der Waals surface area contributed by atoms with Crippen molar-refractivity contribution >= 4 is 15.9 Å². The monoisotopic (exact) mass is 360 g/mol. The van der Waals surface area contributed by atoms with E-state index in [1.165, 1.54) is 20.3 Å². The van der Waals surface area contributed by atoms with Crippen LogP contribution in [0.3, 0.4) is 0 Å². The van der Waals surface area contributed by atoms with Crippen molar-refractivity contribution in [2.45, 2.75) is 4.83 Å². The molecule has 0 spiro atoms. The molecule has 1 atom stereocenters. The summed E-state index contributed by atoms with van der Waals surface area (Å²) in [5.41, 5.74) is 0.556. The summed E-state index contributed by atoms with van der Waals surface area (Å²) in [5, 5.41) is 0. The summed E-state index contributed by atoms with van der Waals surface area (Å²) >= 11 is 3.29. The van der Waals surface area contributed by atoms with Gasteiger partial charge in [-0.1, -0.05) is 28.1 Å². The van der Waals surface area contributed by atoms with Gasteiger partial charge in [-0.05, 0) is 12.1 Å². The van der Waals surface area contributed by atoms with Gasteiger partial charge < -0.3 is 9.47 Å². The third-order valence-corrected chi connectivity index (χ3v) is 4.04. The molecule has 0 radical (unpaired) electrons. The molecule has 2 nitrogen and oxygen atoms in total. The quantitative estimate of drug-likeness (QED) is 0.585. The molecule has 0 aliphatic carbocycles. The molecular formula is C15H12BrF3O2. The zero-order valence-electron chi connectivity index (χ0n) is 11.3. The Labute approximate surface area is 128 Å². The van der Waals surface area contributed by atoms with Crippen molar-refractivity contribution in [2.75, 3.05) is 14.2 Å². The molecule has 2 aromatic rings. The molecule has 0 amide bonds. The van der Waals surface area contributed by atoms with Crippen LogP contribution in [0.4, 0.5) is 13.2 Å². The lowest BCUT2D eigenvalue weighted by molar-refractivity contribution is 0.391. The third-order valence-electron chi connectivity index (χ3n) is 3.05. The second-order valence-corrected chi connectivity index (χ2v) is 5.15. The second kappa shape index (κ2) is 6.39. The Morgan fingerprint density at radius 1 is 0.905 bits per heavy atom. The van der Waals surface area contributed by atoms with Gasteiger partial charge in [-0.15, -0.1) is 0 Å². The first-order valence-corrected chi connectivity index (χ1v) is 6.90. The summed E-state index contributed by atoms with van der Waals surface area (Å²) in [6, 6.07) is 7.04. The first-order chi connectivity index (χ1) is 9.99. The average molecular weight is 361 g/mol. The van der Waals surface area contributed by atoms with Gasteiger partial charge in [0.15, 0.2) is 17.5 Å². The van der Waals surface area contributed by atoms with Crippen molar-refractivity contribution in [3.63, 3.8) is 0 Å². The summed E-state index contributed by atoms with van der Waals surface area (Å²) in [5.74, 6) is -2.93. The minimum Gasteiger partial charge on any atom is -0.497 e. The van der Waals surface area contributed by atoms with Crippen molar-refractivity contribution in [3.05, 3.63) is 58.9 Å². The highest BCUT2D eigenvalue weighted by atomic mass is 79.9. The van der Waals surface area contributed by atoms with Gasteiger partial charge in [0.1, 0.15) is 11.5 Å². The number of rotatable bonds is 4. The van der Waals surface area contributed by atoms with E-state index in [2.05, 4.69) is 15.9 Å². The van der Waals surface area contributed by atoms with Gasteiger partial charge in [-0.25, -0.2) is 13.2 Å². The van der Waals surface area contributed by atoms with E-state index in [1.54, 1.807) is 18.2 Å². The maximum absolute atomic E-state index is 13.9. The number of hydrogen-bond acceptors (Lipinski definition) is 2. The number of alkyl halides is 1. The summed E-state index contributed by atoms with van der Waals surface area (Å²) in [6.07, 6.45) is 0. The summed E-state index contributed by atoms with van der Waals surface area (Å²) in [4.78, 5) is -0.687. The molecule has 1 unspecified atom stereocenters. The lowest BCUT2D eigenvalue weighted by Gasteiger charge is -2.16. The van der Waals surface area contributed by atoms with Crippen LogP contribution in [-0.2, 0) is 0 Å². The molecule has 0 N–H and O–H groups in total. The summed E-state index contributed by atoms with van der Waals surface area (Å²) < 4.78 is 50.5. The first kappa shape index (κ1) is 15.7. The molecule has 0 bridgehead atoms. The Morgan fingerprint density at radius 3 is 2.19 bits per heavy atom. The molecule has 6 heteroatoms. The van der Waals surface area contributed by atoms with Crippen LogP contribution in [0, 0.1) is 17.5 Å². The van der Waals surface area contributed by atoms with Gasteiger partial charge in [0.2, 0.25) is 0 Å². The zero-order valence-corrected chi connectivity index (χ0v) is 12.9. The predicted octanol–water partition coefficient (Wildman–Crippen LogP) is 4.61. The second-order valence-electron chi connectivity index (χ2n) is 4.24. The number of hydrogen-bond donors (Lipinski definition) is 0. The van der Waals surface area contributed by atoms with E-state index in [1.807, 2.05) is 0 Å². The number of ether oxygens (including phenoxy) is 2. The maximum Gasteiger partial charge on any atom is 0.194 e. The molecule has 0 aliphatic rings. The molecule has 0 fully saturated rings. The normalized spacial score (nSPS) is 12.1. The summed E-state index contributed by atoms with van der Waals surface area (Å²) in [6.45, 7) is 0. The minimum absolute atomic E-state index is 0.0163. The van der Waals surface area contributed by atoms with Crippen molar-refractivity contribution in [1.29, 1.82) is 0 Å². The third kappa shape index (κ3) is 3.00. The molecule has 2 aromatic carbocycles. The van der Waals surface area contributed by atoms with Crippen LogP contribution in [0.15, 0.2) is 30.3 Å². The van der Waals surface area contributed by atoms with Crippen molar-refractivity contribution in [3.8, 4) is 11.5 Å². The molecule has 112 valence electrons. The lowest BCUT2D eigenvalue weighted by atomic mass is 10.0. The highest BCUT2D eigenvalue weighted by molar-refractivity contribution is 9.09. The largest absolute Gasteiger partial charge is 0.497 e. The smallest absolute Gasteiger partial charge is 0.194 e. The average Bonchev–Trinajstić information content (AvgIpc) is 2.51. The highest BCUT2D eigenvalue weighted by Crippen LogP contribution is 2.39.